The van der Waals surface area contributed by atoms with Gasteiger partial charge in [-0.15, -0.1) is 0 Å². The monoisotopic (exact) mass is 478 g/mol. The standard InChI is InChI=1S/C27H31ClN4O2/c1-31(23-16-25(33)32(2)22-14-15-24(28)29-27(22)23)21-12-10-20(11-13-21)26(19-6-4-3-5-7-19)30-34-17-18-8-9-18/h3-7,14-16,18,20-21H,8-13,17H2,1-2H3/b30-26+/t20-,21-. The minimum absolute atomic E-state index is 0.0431. The highest BCUT2D eigenvalue weighted by molar-refractivity contribution is 6.29. The van der Waals surface area contributed by atoms with Crippen LogP contribution in [0, 0.1) is 11.8 Å². The number of aromatic nitrogens is 2. The average molecular weight is 479 g/mol. The summed E-state index contributed by atoms with van der Waals surface area (Å²) in [5, 5.41) is 5.06. The van der Waals surface area contributed by atoms with Gasteiger partial charge in [0.25, 0.3) is 5.56 Å². The van der Waals surface area contributed by atoms with Crippen molar-refractivity contribution in [3.63, 3.8) is 0 Å². The Morgan fingerprint density at radius 1 is 1.12 bits per heavy atom. The molecule has 34 heavy (non-hydrogen) atoms. The smallest absolute Gasteiger partial charge is 0.252 e. The summed E-state index contributed by atoms with van der Waals surface area (Å²) in [4.78, 5) is 25.2. The molecule has 0 bridgehead atoms. The van der Waals surface area contributed by atoms with Gasteiger partial charge >= 0.3 is 0 Å². The van der Waals surface area contributed by atoms with E-state index in [0.717, 1.165) is 60.3 Å². The zero-order valence-corrected chi connectivity index (χ0v) is 20.5. The van der Waals surface area contributed by atoms with Crippen LogP contribution in [-0.4, -0.2) is 35.0 Å². The fourth-order valence-corrected chi connectivity index (χ4v) is 5.11. The SMILES string of the molecule is Cn1c(=O)cc(N(C)[C@H]2CC[C@H](/C(=N/OCC3CC3)c3ccccc3)CC2)c2nc(Cl)ccc21. The first-order valence-corrected chi connectivity index (χ1v) is 12.5. The number of halogens is 1. The van der Waals surface area contributed by atoms with E-state index in [1.165, 1.54) is 12.8 Å². The molecule has 0 spiro atoms. The molecule has 3 aromatic rings. The van der Waals surface area contributed by atoms with Crippen molar-refractivity contribution in [3.8, 4) is 0 Å². The van der Waals surface area contributed by atoms with E-state index >= 15 is 0 Å². The zero-order chi connectivity index (χ0) is 23.7. The van der Waals surface area contributed by atoms with Crippen molar-refractivity contribution in [2.24, 2.45) is 24.0 Å². The molecule has 178 valence electrons. The molecule has 5 rings (SSSR count). The zero-order valence-electron chi connectivity index (χ0n) is 19.8. The second-order valence-electron chi connectivity index (χ2n) is 9.63. The molecule has 0 unspecified atom stereocenters. The average Bonchev–Trinajstić information content (AvgIpc) is 3.69. The van der Waals surface area contributed by atoms with E-state index in [2.05, 4.69) is 46.4 Å². The van der Waals surface area contributed by atoms with Crippen LogP contribution in [0.25, 0.3) is 11.0 Å². The van der Waals surface area contributed by atoms with E-state index in [1.54, 1.807) is 23.7 Å². The first-order valence-electron chi connectivity index (χ1n) is 12.2. The Morgan fingerprint density at radius 3 is 2.56 bits per heavy atom. The van der Waals surface area contributed by atoms with Gasteiger partial charge in [0, 0.05) is 32.1 Å². The van der Waals surface area contributed by atoms with Crippen LogP contribution in [0.2, 0.25) is 5.15 Å². The van der Waals surface area contributed by atoms with Crippen LogP contribution in [-0.2, 0) is 11.9 Å². The molecule has 0 amide bonds. The number of oxime groups is 1. The van der Waals surface area contributed by atoms with Crippen molar-refractivity contribution in [2.45, 2.75) is 44.6 Å². The van der Waals surface area contributed by atoms with Crippen LogP contribution in [0.3, 0.4) is 0 Å². The van der Waals surface area contributed by atoms with Crippen LogP contribution in [0.1, 0.15) is 44.1 Å². The Balaban J connectivity index is 1.34. The Morgan fingerprint density at radius 2 is 1.85 bits per heavy atom. The summed E-state index contributed by atoms with van der Waals surface area (Å²) in [5.41, 5.74) is 4.56. The molecular formula is C27H31ClN4O2. The van der Waals surface area contributed by atoms with Crippen LogP contribution in [0.5, 0.6) is 0 Å². The van der Waals surface area contributed by atoms with E-state index in [1.807, 2.05) is 12.1 Å². The van der Waals surface area contributed by atoms with Crippen LogP contribution in [0.15, 0.2) is 58.5 Å². The Bertz CT molecular complexity index is 1240. The number of benzene rings is 1. The molecule has 0 N–H and O–H groups in total. The summed E-state index contributed by atoms with van der Waals surface area (Å²) in [6.45, 7) is 0.722. The number of nitrogens with zero attached hydrogens (tertiary/aromatic N) is 4. The molecule has 0 aliphatic heterocycles. The van der Waals surface area contributed by atoms with Crippen LogP contribution >= 0.6 is 11.6 Å². The van der Waals surface area contributed by atoms with Crippen molar-refractivity contribution >= 4 is 34.0 Å². The highest BCUT2D eigenvalue weighted by Crippen LogP contribution is 2.34. The fraction of sp³-hybridized carbons (Fsp3) is 0.444. The van der Waals surface area contributed by atoms with Gasteiger partial charge in [-0.2, -0.15) is 0 Å². The lowest BCUT2D eigenvalue weighted by atomic mass is 9.80. The van der Waals surface area contributed by atoms with Gasteiger partial charge < -0.3 is 14.3 Å². The lowest BCUT2D eigenvalue weighted by Gasteiger charge is -2.36. The third-order valence-corrected chi connectivity index (χ3v) is 7.50. The van der Waals surface area contributed by atoms with Gasteiger partial charge in [0.15, 0.2) is 0 Å². The van der Waals surface area contributed by atoms with E-state index in [0.29, 0.717) is 23.0 Å². The van der Waals surface area contributed by atoms with E-state index in [4.69, 9.17) is 16.4 Å². The molecule has 2 heterocycles. The number of aryl methyl sites for hydroxylation is 1. The van der Waals surface area contributed by atoms with E-state index in [-0.39, 0.29) is 5.56 Å². The fourth-order valence-electron chi connectivity index (χ4n) is 4.96. The third-order valence-electron chi connectivity index (χ3n) is 7.29. The molecule has 2 fully saturated rings. The number of hydrogen-bond acceptors (Lipinski definition) is 5. The summed E-state index contributed by atoms with van der Waals surface area (Å²) >= 11 is 6.21. The molecule has 6 nitrogen and oxygen atoms in total. The minimum atomic E-state index is -0.0431. The maximum absolute atomic E-state index is 12.6. The van der Waals surface area contributed by atoms with E-state index < -0.39 is 0 Å². The minimum Gasteiger partial charge on any atom is -0.395 e. The van der Waals surface area contributed by atoms with Crippen LogP contribution in [0.4, 0.5) is 5.69 Å². The maximum Gasteiger partial charge on any atom is 0.252 e. The number of rotatable bonds is 7. The van der Waals surface area contributed by atoms with Crippen molar-refractivity contribution in [3.05, 3.63) is 69.6 Å². The van der Waals surface area contributed by atoms with Gasteiger partial charge in [0.2, 0.25) is 0 Å². The van der Waals surface area contributed by atoms with Crippen molar-refractivity contribution < 1.29 is 4.84 Å². The van der Waals surface area contributed by atoms with Crippen molar-refractivity contribution in [1.29, 1.82) is 0 Å². The number of hydrogen-bond donors (Lipinski definition) is 0. The highest BCUT2D eigenvalue weighted by Gasteiger charge is 2.30. The summed E-state index contributed by atoms with van der Waals surface area (Å²) < 4.78 is 1.62. The Kier molecular flexibility index (Phi) is 6.59. The maximum atomic E-state index is 12.6. The van der Waals surface area contributed by atoms with E-state index in [9.17, 15) is 4.79 Å². The Labute approximate surface area is 205 Å². The molecule has 0 saturated heterocycles. The summed E-state index contributed by atoms with van der Waals surface area (Å²) in [6.07, 6.45) is 6.56. The lowest BCUT2D eigenvalue weighted by Crippen LogP contribution is -2.37. The molecule has 1 aromatic carbocycles. The molecule has 2 saturated carbocycles. The second kappa shape index (κ2) is 9.79. The summed E-state index contributed by atoms with van der Waals surface area (Å²) in [7, 11) is 3.83. The molecule has 2 aliphatic rings. The largest absolute Gasteiger partial charge is 0.395 e. The van der Waals surface area contributed by atoms with Gasteiger partial charge in [-0.3, -0.25) is 4.79 Å². The van der Waals surface area contributed by atoms with Gasteiger partial charge in [0.05, 0.1) is 16.9 Å². The van der Waals surface area contributed by atoms with Crippen molar-refractivity contribution in [1.82, 2.24) is 9.55 Å². The van der Waals surface area contributed by atoms with Gasteiger partial charge in [-0.25, -0.2) is 4.98 Å². The predicted molar refractivity (Wildman–Crippen MR) is 138 cm³/mol. The van der Waals surface area contributed by atoms with Gasteiger partial charge in [-0.1, -0.05) is 47.1 Å². The normalized spacial score (nSPS) is 21.0. The molecular weight excluding hydrogens is 448 g/mol. The Hall–Kier alpha value is -2.86. The molecule has 0 atom stereocenters. The molecule has 0 radical (unpaired) electrons. The lowest BCUT2D eigenvalue weighted by molar-refractivity contribution is 0.131. The topological polar surface area (TPSA) is 59.7 Å². The second-order valence-corrected chi connectivity index (χ2v) is 10.0. The third kappa shape index (κ3) is 4.83. The van der Waals surface area contributed by atoms with Crippen molar-refractivity contribution in [2.75, 3.05) is 18.6 Å². The van der Waals surface area contributed by atoms with Gasteiger partial charge in [-0.05, 0) is 62.1 Å². The van der Waals surface area contributed by atoms with Gasteiger partial charge in [0.1, 0.15) is 17.3 Å². The number of fused-ring (bicyclic) bond motifs is 1. The molecule has 7 heteroatoms. The molecule has 2 aliphatic carbocycles. The quantitative estimate of drug-likeness (QED) is 0.259. The summed E-state index contributed by atoms with van der Waals surface area (Å²) in [6, 6.07) is 16.0. The molecule has 2 aromatic heterocycles. The first kappa shape index (κ1) is 22.9. The highest BCUT2D eigenvalue weighted by atomic mass is 35.5. The number of pyridine rings is 2. The number of anilines is 1. The predicted octanol–water partition coefficient (Wildman–Crippen LogP) is 5.41. The van der Waals surface area contributed by atoms with Crippen LogP contribution < -0.4 is 10.5 Å². The first-order chi connectivity index (χ1) is 16.5. The summed E-state index contributed by atoms with van der Waals surface area (Å²) in [5.74, 6) is 1.04.